The van der Waals surface area contributed by atoms with Crippen LogP contribution in [0.2, 0.25) is 0 Å². The summed E-state index contributed by atoms with van der Waals surface area (Å²) in [5.74, 6) is 0.908. The summed E-state index contributed by atoms with van der Waals surface area (Å²) in [6, 6.07) is 0. The Morgan fingerprint density at radius 1 is 1.13 bits per heavy atom. The van der Waals surface area contributed by atoms with E-state index in [4.69, 9.17) is 4.74 Å². The van der Waals surface area contributed by atoms with Crippen LogP contribution < -0.4 is 10.6 Å². The van der Waals surface area contributed by atoms with Crippen LogP contribution in [0, 0.1) is 0 Å². The molecule has 1 fully saturated rings. The Labute approximate surface area is 160 Å². The lowest BCUT2D eigenvalue weighted by Gasteiger charge is -2.16. The van der Waals surface area contributed by atoms with Crippen molar-refractivity contribution in [1.82, 2.24) is 15.5 Å². The smallest absolute Gasteiger partial charge is 0.191 e. The lowest BCUT2D eigenvalue weighted by molar-refractivity contribution is 0.0468. The molecular formula is C17H37IN4O. The van der Waals surface area contributed by atoms with Crippen molar-refractivity contribution in [2.45, 2.75) is 58.0 Å². The maximum Gasteiger partial charge on any atom is 0.191 e. The van der Waals surface area contributed by atoms with Gasteiger partial charge in [0.2, 0.25) is 0 Å². The van der Waals surface area contributed by atoms with E-state index < -0.39 is 0 Å². The van der Waals surface area contributed by atoms with Crippen LogP contribution in [0.3, 0.4) is 0 Å². The average Bonchev–Trinajstić information content (AvgIpc) is 2.76. The first-order valence-electron chi connectivity index (χ1n) is 9.01. The topological polar surface area (TPSA) is 48.9 Å². The molecule has 0 amide bonds. The van der Waals surface area contributed by atoms with Gasteiger partial charge in [-0.15, -0.1) is 24.0 Å². The van der Waals surface area contributed by atoms with Gasteiger partial charge in [0.05, 0.1) is 12.7 Å². The van der Waals surface area contributed by atoms with Gasteiger partial charge in [0, 0.05) is 19.6 Å². The molecule has 0 aliphatic heterocycles. The molecule has 0 aromatic heterocycles. The molecule has 0 unspecified atom stereocenters. The van der Waals surface area contributed by atoms with Crippen LogP contribution in [0.4, 0.5) is 0 Å². The minimum absolute atomic E-state index is 0. The van der Waals surface area contributed by atoms with Gasteiger partial charge in [0.15, 0.2) is 5.96 Å². The lowest BCUT2D eigenvalue weighted by Crippen LogP contribution is -2.39. The van der Waals surface area contributed by atoms with Crippen LogP contribution in [0.5, 0.6) is 0 Å². The van der Waals surface area contributed by atoms with Crippen LogP contribution in [0.15, 0.2) is 4.99 Å². The van der Waals surface area contributed by atoms with Gasteiger partial charge in [-0.1, -0.05) is 25.7 Å². The van der Waals surface area contributed by atoms with Gasteiger partial charge in [-0.25, -0.2) is 0 Å². The average molecular weight is 440 g/mol. The van der Waals surface area contributed by atoms with E-state index in [0.717, 1.165) is 45.2 Å². The molecule has 0 heterocycles. The largest absolute Gasteiger partial charge is 0.376 e. The first-order valence-corrected chi connectivity index (χ1v) is 9.01. The summed E-state index contributed by atoms with van der Waals surface area (Å²) in [4.78, 5) is 6.79. The first-order chi connectivity index (χ1) is 10.7. The summed E-state index contributed by atoms with van der Waals surface area (Å²) in [7, 11) is 4.19. The van der Waals surface area contributed by atoms with Gasteiger partial charge >= 0.3 is 0 Å². The molecule has 0 aromatic carbocycles. The zero-order valence-corrected chi connectivity index (χ0v) is 17.6. The Morgan fingerprint density at radius 2 is 1.83 bits per heavy atom. The zero-order chi connectivity index (χ0) is 16.0. The standard InChI is InChI=1S/C17H36N4O.HI/c1-4-18-17(19-12-9-14-21(2)3)20-13-15-22-16-10-7-5-6-8-11-16;/h16H,4-15H2,1-3H3,(H2,18,19,20);1H. The molecule has 0 atom stereocenters. The highest BCUT2D eigenvalue weighted by Gasteiger charge is 2.11. The molecular weight excluding hydrogens is 403 g/mol. The minimum Gasteiger partial charge on any atom is -0.376 e. The number of aliphatic imine (C=N–C) groups is 1. The number of rotatable bonds is 9. The summed E-state index contributed by atoms with van der Waals surface area (Å²) < 4.78 is 6.00. The molecule has 0 radical (unpaired) electrons. The van der Waals surface area contributed by atoms with E-state index in [9.17, 15) is 0 Å². The zero-order valence-electron chi connectivity index (χ0n) is 15.3. The fourth-order valence-electron chi connectivity index (χ4n) is 2.72. The quantitative estimate of drug-likeness (QED) is 0.190. The molecule has 0 spiro atoms. The molecule has 1 rings (SSSR count). The molecule has 0 bridgehead atoms. The van der Waals surface area contributed by atoms with E-state index in [-0.39, 0.29) is 24.0 Å². The van der Waals surface area contributed by atoms with Crippen molar-refractivity contribution in [3.63, 3.8) is 0 Å². The van der Waals surface area contributed by atoms with E-state index in [1.807, 2.05) is 0 Å². The summed E-state index contributed by atoms with van der Waals surface area (Å²) in [5, 5.41) is 6.65. The molecule has 0 saturated heterocycles. The Bertz CT molecular complexity index is 292. The minimum atomic E-state index is 0. The first kappa shape index (κ1) is 22.9. The number of nitrogens with one attached hydrogen (secondary N) is 2. The van der Waals surface area contributed by atoms with Crippen molar-refractivity contribution in [3.8, 4) is 0 Å². The molecule has 1 aliphatic carbocycles. The fraction of sp³-hybridized carbons (Fsp3) is 0.941. The molecule has 138 valence electrons. The van der Waals surface area contributed by atoms with E-state index in [1.165, 1.54) is 38.5 Å². The van der Waals surface area contributed by atoms with Crippen LogP contribution in [0.25, 0.3) is 0 Å². The van der Waals surface area contributed by atoms with E-state index in [2.05, 4.69) is 41.5 Å². The van der Waals surface area contributed by atoms with E-state index in [1.54, 1.807) is 0 Å². The van der Waals surface area contributed by atoms with Gasteiger partial charge in [-0.05, 0) is 46.8 Å². The van der Waals surface area contributed by atoms with Crippen LogP contribution in [-0.2, 0) is 4.74 Å². The van der Waals surface area contributed by atoms with Gasteiger partial charge in [-0.3, -0.25) is 4.99 Å². The van der Waals surface area contributed by atoms with Gasteiger partial charge < -0.3 is 20.3 Å². The second-order valence-corrected chi connectivity index (χ2v) is 6.33. The number of hydrogen-bond donors (Lipinski definition) is 2. The van der Waals surface area contributed by atoms with Crippen molar-refractivity contribution >= 4 is 29.9 Å². The Balaban J connectivity index is 0.00000484. The molecule has 6 heteroatoms. The second-order valence-electron chi connectivity index (χ2n) is 6.33. The van der Waals surface area contributed by atoms with Crippen LogP contribution in [0.1, 0.15) is 51.9 Å². The summed E-state index contributed by atoms with van der Waals surface area (Å²) in [6.45, 7) is 6.52. The highest BCUT2D eigenvalue weighted by Crippen LogP contribution is 2.19. The molecule has 1 aliphatic rings. The number of guanidine groups is 1. The van der Waals surface area contributed by atoms with Crippen LogP contribution >= 0.6 is 24.0 Å². The molecule has 0 aromatic rings. The maximum atomic E-state index is 6.00. The van der Waals surface area contributed by atoms with Crippen molar-refractivity contribution in [2.75, 3.05) is 46.9 Å². The van der Waals surface area contributed by atoms with Gasteiger partial charge in [-0.2, -0.15) is 0 Å². The summed E-state index contributed by atoms with van der Waals surface area (Å²) in [6.07, 6.45) is 9.44. The van der Waals surface area contributed by atoms with Gasteiger partial charge in [0.1, 0.15) is 0 Å². The monoisotopic (exact) mass is 440 g/mol. The van der Waals surface area contributed by atoms with Crippen molar-refractivity contribution in [1.29, 1.82) is 0 Å². The van der Waals surface area contributed by atoms with Gasteiger partial charge in [0.25, 0.3) is 0 Å². The predicted molar refractivity (Wildman–Crippen MR) is 110 cm³/mol. The maximum absolute atomic E-state index is 6.00. The lowest BCUT2D eigenvalue weighted by atomic mass is 10.1. The second kappa shape index (κ2) is 15.4. The van der Waals surface area contributed by atoms with Crippen molar-refractivity contribution in [2.24, 2.45) is 4.99 Å². The van der Waals surface area contributed by atoms with E-state index in [0.29, 0.717) is 6.10 Å². The SMILES string of the molecule is CCNC(=NCCCN(C)C)NCCOC1CCCCCC1.I. The van der Waals surface area contributed by atoms with Crippen molar-refractivity contribution in [3.05, 3.63) is 0 Å². The Hall–Kier alpha value is -0.0800. The number of ether oxygens (including phenoxy) is 1. The number of halogens is 1. The Morgan fingerprint density at radius 3 is 2.43 bits per heavy atom. The molecule has 5 nitrogen and oxygen atoms in total. The third kappa shape index (κ3) is 12.9. The highest BCUT2D eigenvalue weighted by molar-refractivity contribution is 14.0. The predicted octanol–water partition coefficient (Wildman–Crippen LogP) is 2.85. The third-order valence-corrected chi connectivity index (χ3v) is 3.93. The third-order valence-electron chi connectivity index (χ3n) is 3.93. The molecule has 23 heavy (non-hydrogen) atoms. The number of nitrogens with zero attached hydrogens (tertiary/aromatic N) is 2. The van der Waals surface area contributed by atoms with Crippen LogP contribution in [-0.4, -0.2) is 63.8 Å². The molecule has 2 N–H and O–H groups in total. The Kier molecular flexibility index (Phi) is 15.4. The number of hydrogen-bond acceptors (Lipinski definition) is 3. The highest BCUT2D eigenvalue weighted by atomic mass is 127. The van der Waals surface area contributed by atoms with Crippen molar-refractivity contribution < 1.29 is 4.74 Å². The molecule has 1 saturated carbocycles. The fourth-order valence-corrected chi connectivity index (χ4v) is 2.72. The van der Waals surface area contributed by atoms with E-state index >= 15 is 0 Å². The normalized spacial score (nSPS) is 16.8. The summed E-state index contributed by atoms with van der Waals surface area (Å²) >= 11 is 0. The summed E-state index contributed by atoms with van der Waals surface area (Å²) in [5.41, 5.74) is 0.